The summed E-state index contributed by atoms with van der Waals surface area (Å²) in [6, 6.07) is 8.16. The van der Waals surface area contributed by atoms with Crippen LogP contribution in [-0.2, 0) is 14.9 Å². The lowest BCUT2D eigenvalue weighted by molar-refractivity contribution is -0.126. The first-order valence-electron chi connectivity index (χ1n) is 9.65. The van der Waals surface area contributed by atoms with E-state index in [-0.39, 0.29) is 18.0 Å². The minimum atomic E-state index is -0.651. The van der Waals surface area contributed by atoms with Crippen LogP contribution in [0.3, 0.4) is 0 Å². The van der Waals surface area contributed by atoms with Crippen LogP contribution < -0.4 is 5.32 Å². The predicted molar refractivity (Wildman–Crippen MR) is 106 cm³/mol. The van der Waals surface area contributed by atoms with Crippen molar-refractivity contribution >= 4 is 22.9 Å². The summed E-state index contributed by atoms with van der Waals surface area (Å²) in [5.41, 5.74) is 2.46. The largest absolute Gasteiger partial charge is 0.450 e. The van der Waals surface area contributed by atoms with Crippen molar-refractivity contribution in [2.24, 2.45) is 0 Å². The zero-order valence-corrected chi connectivity index (χ0v) is 16.6. The highest BCUT2D eigenvalue weighted by molar-refractivity contribution is 5.95. The van der Waals surface area contributed by atoms with Crippen LogP contribution in [0.1, 0.15) is 44.9 Å². The van der Waals surface area contributed by atoms with E-state index in [9.17, 15) is 9.59 Å². The summed E-state index contributed by atoms with van der Waals surface area (Å²) < 4.78 is 5.05. The summed E-state index contributed by atoms with van der Waals surface area (Å²) in [6.45, 7) is 9.36. The Kier molecular flexibility index (Phi) is 5.44. The first-order valence-corrected chi connectivity index (χ1v) is 9.65. The Labute approximate surface area is 160 Å². The molecule has 0 aliphatic carbocycles. The molecule has 0 saturated carbocycles. The zero-order chi connectivity index (χ0) is 19.6. The summed E-state index contributed by atoms with van der Waals surface area (Å²) in [5, 5.41) is 4.29. The Bertz CT molecular complexity index is 832. The summed E-state index contributed by atoms with van der Waals surface area (Å²) in [4.78, 5) is 30.0. The second-order valence-corrected chi connectivity index (χ2v) is 7.73. The van der Waals surface area contributed by atoms with E-state index in [1.165, 1.54) is 0 Å². The van der Waals surface area contributed by atoms with Gasteiger partial charge in [0, 0.05) is 35.7 Å². The average molecular weight is 371 g/mol. The summed E-state index contributed by atoms with van der Waals surface area (Å²) in [6.07, 6.45) is 1.22. The Hall–Kier alpha value is -2.50. The number of rotatable bonds is 4. The van der Waals surface area contributed by atoms with Crippen molar-refractivity contribution in [3.05, 3.63) is 35.5 Å². The normalized spacial score (nSPS) is 15.8. The molecule has 2 heterocycles. The highest BCUT2D eigenvalue weighted by atomic mass is 16.6. The van der Waals surface area contributed by atoms with Gasteiger partial charge in [-0.1, -0.05) is 18.2 Å². The fraction of sp³-hybridized carbons (Fsp3) is 0.524. The van der Waals surface area contributed by atoms with E-state index in [1.54, 1.807) is 11.8 Å². The molecule has 0 spiro atoms. The van der Waals surface area contributed by atoms with Crippen LogP contribution in [0.15, 0.2) is 24.3 Å². The van der Waals surface area contributed by atoms with E-state index in [0.29, 0.717) is 19.7 Å². The van der Waals surface area contributed by atoms with Crippen LogP contribution >= 0.6 is 0 Å². The van der Waals surface area contributed by atoms with E-state index < -0.39 is 5.41 Å². The maximum Gasteiger partial charge on any atom is 0.409 e. The molecule has 0 unspecified atom stereocenters. The van der Waals surface area contributed by atoms with Gasteiger partial charge in [0.1, 0.15) is 0 Å². The van der Waals surface area contributed by atoms with E-state index in [1.807, 2.05) is 39.0 Å². The number of nitrogens with zero attached hydrogens (tertiary/aromatic N) is 1. The number of para-hydroxylation sites is 1. The average Bonchev–Trinajstić information content (AvgIpc) is 2.98. The van der Waals surface area contributed by atoms with Crippen molar-refractivity contribution in [3.8, 4) is 0 Å². The number of amides is 2. The van der Waals surface area contributed by atoms with Gasteiger partial charge in [-0.15, -0.1) is 0 Å². The number of aryl methyl sites for hydroxylation is 1. The molecular weight excluding hydrogens is 342 g/mol. The van der Waals surface area contributed by atoms with Gasteiger partial charge in [0.15, 0.2) is 0 Å². The number of likely N-dealkylation sites (tertiary alicyclic amines) is 1. The Morgan fingerprint density at radius 1 is 1.26 bits per heavy atom. The number of fused-ring (bicyclic) bond motifs is 1. The van der Waals surface area contributed by atoms with Crippen molar-refractivity contribution < 1.29 is 14.3 Å². The SMILES string of the molecule is CCOC(=O)N1CCC(NC(=O)C(C)(C)c2c(C)[nH]c3ccccc23)CC1. The van der Waals surface area contributed by atoms with Gasteiger partial charge in [0.25, 0.3) is 0 Å². The Balaban J connectivity index is 1.69. The van der Waals surface area contributed by atoms with Gasteiger partial charge in [-0.25, -0.2) is 4.79 Å². The highest BCUT2D eigenvalue weighted by Crippen LogP contribution is 2.34. The van der Waals surface area contributed by atoms with E-state index in [2.05, 4.69) is 16.4 Å². The van der Waals surface area contributed by atoms with Crippen LogP contribution in [-0.4, -0.2) is 47.6 Å². The molecule has 0 atom stereocenters. The molecule has 2 N–H and O–H groups in total. The molecule has 1 aromatic heterocycles. The first kappa shape index (κ1) is 19.3. The van der Waals surface area contributed by atoms with E-state index in [4.69, 9.17) is 4.74 Å². The number of nitrogens with one attached hydrogen (secondary N) is 2. The van der Waals surface area contributed by atoms with Crippen LogP contribution in [0.5, 0.6) is 0 Å². The molecule has 3 rings (SSSR count). The van der Waals surface area contributed by atoms with Crippen LogP contribution in [0.4, 0.5) is 4.79 Å². The third-order valence-corrected chi connectivity index (χ3v) is 5.44. The van der Waals surface area contributed by atoms with Crippen LogP contribution in [0, 0.1) is 6.92 Å². The predicted octanol–water partition coefficient (Wildman–Crippen LogP) is 3.49. The maximum absolute atomic E-state index is 13.1. The Morgan fingerprint density at radius 3 is 2.59 bits per heavy atom. The number of aromatic nitrogens is 1. The molecule has 2 amide bonds. The quantitative estimate of drug-likeness (QED) is 0.864. The number of H-pyrrole nitrogens is 1. The lowest BCUT2D eigenvalue weighted by atomic mass is 9.81. The van der Waals surface area contributed by atoms with Gasteiger partial charge >= 0.3 is 6.09 Å². The van der Waals surface area contributed by atoms with Crippen LogP contribution in [0.2, 0.25) is 0 Å². The molecule has 6 nitrogen and oxygen atoms in total. The lowest BCUT2D eigenvalue weighted by Gasteiger charge is -2.34. The molecule has 27 heavy (non-hydrogen) atoms. The lowest BCUT2D eigenvalue weighted by Crippen LogP contribution is -2.50. The number of aromatic amines is 1. The molecule has 0 bridgehead atoms. The number of hydrogen-bond acceptors (Lipinski definition) is 3. The van der Waals surface area contributed by atoms with Crippen molar-refractivity contribution in [1.82, 2.24) is 15.2 Å². The highest BCUT2D eigenvalue weighted by Gasteiger charge is 2.36. The van der Waals surface area contributed by atoms with Crippen molar-refractivity contribution in [1.29, 1.82) is 0 Å². The molecule has 1 fully saturated rings. The topological polar surface area (TPSA) is 74.4 Å². The van der Waals surface area contributed by atoms with Gasteiger partial charge in [-0.2, -0.15) is 0 Å². The summed E-state index contributed by atoms with van der Waals surface area (Å²) in [7, 11) is 0. The van der Waals surface area contributed by atoms with Gasteiger partial charge in [0.05, 0.1) is 12.0 Å². The van der Waals surface area contributed by atoms with Crippen molar-refractivity contribution in [2.75, 3.05) is 19.7 Å². The van der Waals surface area contributed by atoms with Crippen LogP contribution in [0.25, 0.3) is 10.9 Å². The van der Waals surface area contributed by atoms with Crippen molar-refractivity contribution in [2.45, 2.75) is 52.0 Å². The minimum Gasteiger partial charge on any atom is -0.450 e. The smallest absolute Gasteiger partial charge is 0.409 e. The minimum absolute atomic E-state index is 0.0185. The molecule has 1 saturated heterocycles. The number of benzene rings is 1. The Morgan fingerprint density at radius 2 is 1.93 bits per heavy atom. The number of piperidine rings is 1. The molecule has 1 aliphatic rings. The second kappa shape index (κ2) is 7.62. The number of hydrogen-bond donors (Lipinski definition) is 2. The summed E-state index contributed by atoms with van der Waals surface area (Å²) >= 11 is 0. The summed E-state index contributed by atoms with van der Waals surface area (Å²) in [5.74, 6) is 0.0185. The number of carbonyl (C=O) groups is 2. The third kappa shape index (κ3) is 3.80. The molecule has 6 heteroatoms. The standard InChI is InChI=1S/C21H29N3O3/c1-5-27-20(26)24-12-10-15(11-13-24)23-19(25)21(3,4)18-14(2)22-17-9-7-6-8-16(17)18/h6-9,15,22H,5,10-13H2,1-4H3,(H,23,25). The molecule has 2 aromatic rings. The molecule has 1 aliphatic heterocycles. The van der Waals surface area contributed by atoms with Gasteiger partial charge in [-0.3, -0.25) is 4.79 Å². The van der Waals surface area contributed by atoms with E-state index in [0.717, 1.165) is 35.0 Å². The van der Waals surface area contributed by atoms with Gasteiger partial charge in [0.2, 0.25) is 5.91 Å². The van der Waals surface area contributed by atoms with Gasteiger partial charge < -0.3 is 19.9 Å². The fourth-order valence-electron chi connectivity index (χ4n) is 3.98. The first-order chi connectivity index (χ1) is 12.8. The van der Waals surface area contributed by atoms with E-state index >= 15 is 0 Å². The fourth-order valence-corrected chi connectivity index (χ4v) is 3.98. The molecular formula is C21H29N3O3. The van der Waals surface area contributed by atoms with Crippen molar-refractivity contribution in [3.63, 3.8) is 0 Å². The second-order valence-electron chi connectivity index (χ2n) is 7.73. The maximum atomic E-state index is 13.1. The molecule has 1 aromatic carbocycles. The van der Waals surface area contributed by atoms with Gasteiger partial charge in [-0.05, 0) is 52.2 Å². The molecule has 0 radical (unpaired) electrons. The number of carbonyl (C=O) groups excluding carboxylic acids is 2. The zero-order valence-electron chi connectivity index (χ0n) is 16.6. The monoisotopic (exact) mass is 371 g/mol. The number of ether oxygens (including phenoxy) is 1. The third-order valence-electron chi connectivity index (χ3n) is 5.44. The molecule has 146 valence electrons.